The molecule has 9 nitrogen and oxygen atoms in total. The molecule has 0 spiro atoms. The van der Waals surface area contributed by atoms with E-state index in [1.807, 2.05) is 0 Å². The van der Waals surface area contributed by atoms with Gasteiger partial charge < -0.3 is 10.4 Å². The third-order valence-electron chi connectivity index (χ3n) is 4.39. The van der Waals surface area contributed by atoms with Crippen LogP contribution < -0.4 is 10.0 Å². The molecule has 0 bridgehead atoms. The second-order valence-corrected chi connectivity index (χ2v) is 7.34. The van der Waals surface area contributed by atoms with Gasteiger partial charge >= 0.3 is 0 Å². The molecule has 152 valence electrons. The van der Waals surface area contributed by atoms with E-state index in [9.17, 15) is 18.7 Å². The molecule has 0 saturated carbocycles. The van der Waals surface area contributed by atoms with Crippen molar-refractivity contribution in [3.63, 3.8) is 0 Å². The van der Waals surface area contributed by atoms with Crippen molar-refractivity contribution >= 4 is 51.5 Å². The maximum Gasteiger partial charge on any atom is 0.259 e. The largest absolute Gasteiger partial charge is 0.506 e. The lowest BCUT2D eigenvalue weighted by molar-refractivity contribution is 0.102. The van der Waals surface area contributed by atoms with Crippen molar-refractivity contribution in [2.75, 3.05) is 10.0 Å². The first-order chi connectivity index (χ1) is 14.4. The molecule has 0 fully saturated rings. The Kier molecular flexibility index (Phi) is 5.31. The van der Waals surface area contributed by atoms with Crippen LogP contribution in [0.2, 0.25) is 0 Å². The molecule has 0 radical (unpaired) electrons. The fourth-order valence-electron chi connectivity index (χ4n) is 3.08. The summed E-state index contributed by atoms with van der Waals surface area (Å²) in [5.74, 6) is -0.816. The zero-order valence-electron chi connectivity index (χ0n) is 15.2. The van der Waals surface area contributed by atoms with E-state index < -0.39 is 17.2 Å². The Morgan fingerprint density at radius 1 is 1.13 bits per heavy atom. The van der Waals surface area contributed by atoms with Gasteiger partial charge in [0.05, 0.1) is 16.9 Å². The van der Waals surface area contributed by atoms with Crippen LogP contribution in [0.15, 0.2) is 60.9 Å². The fourth-order valence-corrected chi connectivity index (χ4v) is 3.64. The van der Waals surface area contributed by atoms with Crippen molar-refractivity contribution in [3.8, 4) is 11.4 Å². The van der Waals surface area contributed by atoms with E-state index in [-0.39, 0.29) is 17.0 Å². The average molecular weight is 441 g/mol. The molecule has 1 amide bonds. The van der Waals surface area contributed by atoms with Gasteiger partial charge in [0.2, 0.25) is 0 Å². The van der Waals surface area contributed by atoms with Crippen LogP contribution >= 0.6 is 12.2 Å². The SMILES string of the molecule is O=C(Nc1cccc(-n2cn[nH]c2=S)c1)c1cc(NS(=O)O)c2ccccc2c1O. The van der Waals surface area contributed by atoms with E-state index in [0.717, 1.165) is 0 Å². The molecule has 11 heteroatoms. The van der Waals surface area contributed by atoms with Gasteiger partial charge in [-0.1, -0.05) is 30.3 Å². The number of nitrogens with zero attached hydrogens (tertiary/aromatic N) is 2. The van der Waals surface area contributed by atoms with E-state index in [0.29, 0.717) is 26.9 Å². The first kappa shape index (κ1) is 19.8. The Morgan fingerprint density at radius 2 is 1.90 bits per heavy atom. The van der Waals surface area contributed by atoms with Crippen molar-refractivity contribution in [1.82, 2.24) is 14.8 Å². The standard InChI is InChI=1S/C19H15N5O4S2/c25-17-14-7-2-1-6-13(14)16(23-30(27)28)9-15(17)18(26)21-11-4-3-5-12(8-11)24-10-20-22-19(24)29/h1-10,23,25H,(H,21,26)(H,22,29)(H,27,28). The summed E-state index contributed by atoms with van der Waals surface area (Å²) in [5.41, 5.74) is 1.35. The number of aromatic amines is 1. The van der Waals surface area contributed by atoms with Gasteiger partial charge in [-0.15, -0.1) is 0 Å². The van der Waals surface area contributed by atoms with Crippen LogP contribution in [-0.4, -0.2) is 34.5 Å². The van der Waals surface area contributed by atoms with Crippen LogP contribution in [0, 0.1) is 4.77 Å². The third kappa shape index (κ3) is 3.81. The van der Waals surface area contributed by atoms with E-state index in [4.69, 9.17) is 12.2 Å². The van der Waals surface area contributed by atoms with Crippen molar-refractivity contribution < 1.29 is 18.7 Å². The van der Waals surface area contributed by atoms with Crippen molar-refractivity contribution in [3.05, 3.63) is 71.3 Å². The number of hydrogen-bond donors (Lipinski definition) is 5. The van der Waals surface area contributed by atoms with Gasteiger partial charge in [0.1, 0.15) is 12.1 Å². The van der Waals surface area contributed by atoms with Gasteiger partial charge in [0, 0.05) is 16.5 Å². The highest BCUT2D eigenvalue weighted by atomic mass is 32.2. The predicted octanol–water partition coefficient (Wildman–Crippen LogP) is 3.59. The van der Waals surface area contributed by atoms with E-state index in [1.54, 1.807) is 53.1 Å². The van der Waals surface area contributed by atoms with Gasteiger partial charge in [0.25, 0.3) is 17.2 Å². The van der Waals surface area contributed by atoms with Gasteiger partial charge in [-0.2, -0.15) is 5.10 Å². The summed E-state index contributed by atoms with van der Waals surface area (Å²) in [6.07, 6.45) is 1.52. The number of phenolic OH excluding ortho intramolecular Hbond substituents is 1. The minimum absolute atomic E-state index is 0.0491. The minimum Gasteiger partial charge on any atom is -0.506 e. The van der Waals surface area contributed by atoms with E-state index in [2.05, 4.69) is 20.2 Å². The molecule has 0 aliphatic carbocycles. The normalized spacial score (nSPS) is 11.9. The molecule has 4 aromatic rings. The number of aromatic nitrogens is 3. The van der Waals surface area contributed by atoms with Crippen molar-refractivity contribution in [2.45, 2.75) is 0 Å². The van der Waals surface area contributed by atoms with Crippen molar-refractivity contribution in [1.29, 1.82) is 0 Å². The third-order valence-corrected chi connectivity index (χ3v) is 5.07. The smallest absolute Gasteiger partial charge is 0.259 e. The van der Waals surface area contributed by atoms with Crippen LogP contribution in [0.5, 0.6) is 5.75 Å². The molecule has 1 aromatic heterocycles. The monoisotopic (exact) mass is 441 g/mol. The zero-order chi connectivity index (χ0) is 21.3. The number of fused-ring (bicyclic) bond motifs is 1. The molecule has 0 aliphatic rings. The molecule has 0 saturated heterocycles. The van der Waals surface area contributed by atoms with Crippen LogP contribution in [0.1, 0.15) is 10.4 Å². The summed E-state index contributed by atoms with van der Waals surface area (Å²) in [5, 5.41) is 20.8. The number of rotatable bonds is 5. The summed E-state index contributed by atoms with van der Waals surface area (Å²) < 4.78 is 24.9. The van der Waals surface area contributed by atoms with Gasteiger partial charge in [-0.25, -0.2) is 4.21 Å². The van der Waals surface area contributed by atoms with Crippen molar-refractivity contribution in [2.24, 2.45) is 0 Å². The number of anilines is 2. The summed E-state index contributed by atoms with van der Waals surface area (Å²) in [7, 11) is 0. The number of carbonyl (C=O) groups excluding carboxylic acids is 1. The molecule has 4 rings (SSSR count). The number of phenols is 1. The number of amides is 1. The molecular formula is C19H15N5O4S2. The number of nitrogens with one attached hydrogen (secondary N) is 3. The molecule has 1 heterocycles. The maximum absolute atomic E-state index is 12.9. The highest BCUT2D eigenvalue weighted by molar-refractivity contribution is 7.80. The Labute approximate surface area is 177 Å². The topological polar surface area (TPSA) is 132 Å². The molecule has 1 atom stereocenters. The van der Waals surface area contributed by atoms with Gasteiger partial charge in [0.15, 0.2) is 4.77 Å². The molecule has 0 aliphatic heterocycles. The summed E-state index contributed by atoms with van der Waals surface area (Å²) in [4.78, 5) is 12.9. The molecule has 1 unspecified atom stereocenters. The van der Waals surface area contributed by atoms with Gasteiger partial charge in [-0.05, 0) is 36.5 Å². The highest BCUT2D eigenvalue weighted by Crippen LogP contribution is 2.35. The number of carbonyl (C=O) groups is 1. The highest BCUT2D eigenvalue weighted by Gasteiger charge is 2.18. The lowest BCUT2D eigenvalue weighted by Gasteiger charge is -2.13. The fraction of sp³-hybridized carbons (Fsp3) is 0. The average Bonchev–Trinajstić information content (AvgIpc) is 3.16. The lowest BCUT2D eigenvalue weighted by Crippen LogP contribution is -2.13. The Morgan fingerprint density at radius 3 is 2.60 bits per heavy atom. The Balaban J connectivity index is 1.72. The minimum atomic E-state index is -2.35. The zero-order valence-corrected chi connectivity index (χ0v) is 16.8. The van der Waals surface area contributed by atoms with Crippen LogP contribution in [0.3, 0.4) is 0 Å². The number of benzene rings is 3. The molecule has 30 heavy (non-hydrogen) atoms. The Bertz CT molecular complexity index is 1350. The summed E-state index contributed by atoms with van der Waals surface area (Å²) >= 11 is 2.81. The quantitative estimate of drug-likeness (QED) is 0.183. The van der Waals surface area contributed by atoms with Crippen LogP contribution in [0.25, 0.3) is 16.5 Å². The number of aromatic hydroxyl groups is 1. The molecule has 3 aromatic carbocycles. The summed E-state index contributed by atoms with van der Waals surface area (Å²) in [6.45, 7) is 0. The Hall–Kier alpha value is -3.54. The second kappa shape index (κ2) is 8.06. The van der Waals surface area contributed by atoms with Gasteiger partial charge in [-0.3, -0.25) is 23.7 Å². The van der Waals surface area contributed by atoms with Crippen LogP contribution in [0.4, 0.5) is 11.4 Å². The maximum atomic E-state index is 12.9. The first-order valence-electron chi connectivity index (χ1n) is 8.60. The summed E-state index contributed by atoms with van der Waals surface area (Å²) in [6, 6.07) is 15.0. The second-order valence-electron chi connectivity index (χ2n) is 6.25. The molecular weight excluding hydrogens is 426 g/mol. The lowest BCUT2D eigenvalue weighted by atomic mass is 10.0. The van der Waals surface area contributed by atoms with E-state index >= 15 is 0 Å². The van der Waals surface area contributed by atoms with Crippen LogP contribution in [-0.2, 0) is 11.3 Å². The van der Waals surface area contributed by atoms with E-state index in [1.165, 1.54) is 12.4 Å². The predicted molar refractivity (Wildman–Crippen MR) is 117 cm³/mol. The number of hydrogen-bond acceptors (Lipinski definition) is 5. The first-order valence-corrected chi connectivity index (χ1v) is 10.1. The number of H-pyrrole nitrogens is 1. The molecule has 5 N–H and O–H groups in total.